The molecular formula is C16H20N4OS. The first-order valence-electron chi connectivity index (χ1n) is 7.92. The number of methoxy groups -OCH3 is 1. The zero-order valence-corrected chi connectivity index (χ0v) is 13.6. The molecule has 1 saturated carbocycles. The minimum atomic E-state index is 0.401. The van der Waals surface area contributed by atoms with E-state index in [1.54, 1.807) is 30.8 Å². The van der Waals surface area contributed by atoms with Crippen LogP contribution in [0.2, 0.25) is 0 Å². The number of nitrogens with zero attached hydrogens (tertiary/aromatic N) is 4. The Balaban J connectivity index is 1.51. The van der Waals surface area contributed by atoms with Crippen molar-refractivity contribution in [1.29, 1.82) is 0 Å². The van der Waals surface area contributed by atoms with Crippen LogP contribution < -0.4 is 4.74 Å². The van der Waals surface area contributed by atoms with Gasteiger partial charge in [0.2, 0.25) is 0 Å². The molecule has 2 aliphatic rings. The van der Waals surface area contributed by atoms with E-state index in [0.717, 1.165) is 36.0 Å². The molecule has 1 fully saturated rings. The fourth-order valence-corrected chi connectivity index (χ4v) is 4.22. The van der Waals surface area contributed by atoms with E-state index in [-0.39, 0.29) is 0 Å². The van der Waals surface area contributed by atoms with Crippen molar-refractivity contribution in [2.24, 2.45) is 0 Å². The summed E-state index contributed by atoms with van der Waals surface area (Å²) in [5.74, 6) is 0. The molecule has 3 heterocycles. The number of hydrogen-bond donors (Lipinski definition) is 0. The van der Waals surface area contributed by atoms with E-state index in [1.165, 1.54) is 36.4 Å². The Morgan fingerprint density at radius 3 is 2.64 bits per heavy atom. The van der Waals surface area contributed by atoms with Crippen molar-refractivity contribution < 1.29 is 4.74 Å². The van der Waals surface area contributed by atoms with Gasteiger partial charge in [-0.3, -0.25) is 4.90 Å². The van der Waals surface area contributed by atoms with Crippen molar-refractivity contribution in [3.05, 3.63) is 23.0 Å². The van der Waals surface area contributed by atoms with E-state index in [1.807, 2.05) is 0 Å². The molecule has 0 amide bonds. The molecular weight excluding hydrogens is 296 g/mol. The van der Waals surface area contributed by atoms with Gasteiger partial charge in [-0.25, -0.2) is 15.0 Å². The van der Waals surface area contributed by atoms with Gasteiger partial charge in [0, 0.05) is 48.4 Å². The monoisotopic (exact) mass is 316 g/mol. The molecule has 22 heavy (non-hydrogen) atoms. The van der Waals surface area contributed by atoms with Crippen LogP contribution in [0.25, 0.3) is 10.6 Å². The van der Waals surface area contributed by atoms with E-state index in [0.29, 0.717) is 6.01 Å². The summed E-state index contributed by atoms with van der Waals surface area (Å²) in [6.07, 6.45) is 9.96. The quantitative estimate of drug-likeness (QED) is 0.871. The molecule has 2 aromatic heterocycles. The molecule has 1 aliphatic heterocycles. The van der Waals surface area contributed by atoms with E-state index < -0.39 is 0 Å². The summed E-state index contributed by atoms with van der Waals surface area (Å²) >= 11 is 1.80. The highest BCUT2D eigenvalue weighted by Gasteiger charge is 2.27. The number of fused-ring (bicyclic) bond motifs is 1. The number of aromatic nitrogens is 3. The topological polar surface area (TPSA) is 51.1 Å². The van der Waals surface area contributed by atoms with Crippen LogP contribution in [0.5, 0.6) is 6.01 Å². The van der Waals surface area contributed by atoms with E-state index in [4.69, 9.17) is 9.72 Å². The van der Waals surface area contributed by atoms with Crippen LogP contribution in [0.1, 0.15) is 29.8 Å². The molecule has 0 N–H and O–H groups in total. The van der Waals surface area contributed by atoms with Gasteiger partial charge in [0.25, 0.3) is 0 Å². The Kier molecular flexibility index (Phi) is 3.80. The van der Waals surface area contributed by atoms with Crippen molar-refractivity contribution >= 4 is 11.3 Å². The molecule has 2 aromatic rings. The molecule has 6 heteroatoms. The maximum Gasteiger partial charge on any atom is 0.316 e. The average molecular weight is 316 g/mol. The lowest BCUT2D eigenvalue weighted by Gasteiger charge is -2.36. The Bertz CT molecular complexity index is 625. The van der Waals surface area contributed by atoms with Crippen molar-refractivity contribution in [3.63, 3.8) is 0 Å². The minimum absolute atomic E-state index is 0.401. The van der Waals surface area contributed by atoms with Crippen molar-refractivity contribution in [2.75, 3.05) is 20.2 Å². The Morgan fingerprint density at radius 2 is 1.95 bits per heavy atom. The molecule has 0 bridgehead atoms. The zero-order chi connectivity index (χ0) is 14.9. The maximum atomic E-state index is 5.01. The SMILES string of the molecule is COc1ncc(-c2nc3c(s2)CCN(C2CCC2)CC3)cn1. The van der Waals surface area contributed by atoms with E-state index >= 15 is 0 Å². The number of hydrogen-bond acceptors (Lipinski definition) is 6. The second kappa shape index (κ2) is 5.93. The zero-order valence-electron chi connectivity index (χ0n) is 12.8. The highest BCUT2D eigenvalue weighted by Crippen LogP contribution is 2.32. The van der Waals surface area contributed by atoms with Gasteiger partial charge in [-0.15, -0.1) is 11.3 Å². The van der Waals surface area contributed by atoms with Crippen LogP contribution in [0.15, 0.2) is 12.4 Å². The smallest absolute Gasteiger partial charge is 0.316 e. The van der Waals surface area contributed by atoms with Gasteiger partial charge in [0.1, 0.15) is 5.01 Å². The third kappa shape index (κ3) is 2.61. The lowest BCUT2D eigenvalue weighted by atomic mass is 9.91. The third-order valence-corrected chi connectivity index (χ3v) is 5.90. The first kappa shape index (κ1) is 14.1. The fourth-order valence-electron chi connectivity index (χ4n) is 3.15. The molecule has 0 aromatic carbocycles. The van der Waals surface area contributed by atoms with Crippen LogP contribution in [-0.4, -0.2) is 46.1 Å². The molecule has 116 valence electrons. The summed E-state index contributed by atoms with van der Waals surface area (Å²) in [4.78, 5) is 17.3. The maximum absolute atomic E-state index is 5.01. The number of ether oxygens (including phenoxy) is 1. The predicted octanol–water partition coefficient (Wildman–Crippen LogP) is 2.56. The average Bonchev–Trinajstić information content (AvgIpc) is 2.82. The van der Waals surface area contributed by atoms with Gasteiger partial charge in [-0.2, -0.15) is 0 Å². The molecule has 0 spiro atoms. The second-order valence-electron chi connectivity index (χ2n) is 5.97. The van der Waals surface area contributed by atoms with Crippen LogP contribution >= 0.6 is 11.3 Å². The van der Waals surface area contributed by atoms with Crippen LogP contribution in [-0.2, 0) is 12.8 Å². The summed E-state index contributed by atoms with van der Waals surface area (Å²) in [5, 5.41) is 1.03. The number of rotatable bonds is 3. The summed E-state index contributed by atoms with van der Waals surface area (Å²) in [6.45, 7) is 2.33. The Morgan fingerprint density at radius 1 is 1.18 bits per heavy atom. The summed E-state index contributed by atoms with van der Waals surface area (Å²) in [6, 6.07) is 1.24. The van der Waals surface area contributed by atoms with Gasteiger partial charge in [0.05, 0.1) is 12.8 Å². The van der Waals surface area contributed by atoms with Crippen LogP contribution in [0.3, 0.4) is 0 Å². The third-order valence-electron chi connectivity index (χ3n) is 4.69. The summed E-state index contributed by atoms with van der Waals surface area (Å²) in [7, 11) is 1.58. The van der Waals surface area contributed by atoms with Crippen molar-refractivity contribution in [1.82, 2.24) is 19.9 Å². The normalized spacial score (nSPS) is 19.3. The Hall–Kier alpha value is -1.53. The van der Waals surface area contributed by atoms with Gasteiger partial charge in [-0.1, -0.05) is 6.42 Å². The van der Waals surface area contributed by atoms with E-state index in [2.05, 4.69) is 14.9 Å². The first-order valence-corrected chi connectivity index (χ1v) is 8.74. The summed E-state index contributed by atoms with van der Waals surface area (Å²) < 4.78 is 5.01. The lowest BCUT2D eigenvalue weighted by Crippen LogP contribution is -2.41. The number of thiazole rings is 1. The van der Waals surface area contributed by atoms with Crippen LogP contribution in [0.4, 0.5) is 0 Å². The fraction of sp³-hybridized carbons (Fsp3) is 0.562. The van der Waals surface area contributed by atoms with Gasteiger partial charge < -0.3 is 4.74 Å². The second-order valence-corrected chi connectivity index (χ2v) is 7.05. The van der Waals surface area contributed by atoms with E-state index in [9.17, 15) is 0 Å². The highest BCUT2D eigenvalue weighted by molar-refractivity contribution is 7.15. The molecule has 1 aliphatic carbocycles. The lowest BCUT2D eigenvalue weighted by molar-refractivity contribution is 0.133. The molecule has 5 nitrogen and oxygen atoms in total. The molecule has 0 saturated heterocycles. The summed E-state index contributed by atoms with van der Waals surface area (Å²) in [5.41, 5.74) is 2.26. The molecule has 0 radical (unpaired) electrons. The Labute approximate surface area is 134 Å². The van der Waals surface area contributed by atoms with Gasteiger partial charge >= 0.3 is 6.01 Å². The minimum Gasteiger partial charge on any atom is -0.467 e. The van der Waals surface area contributed by atoms with Gasteiger partial charge in [-0.05, 0) is 19.3 Å². The predicted molar refractivity (Wildman–Crippen MR) is 86.3 cm³/mol. The molecule has 4 rings (SSSR count). The molecule has 0 unspecified atom stereocenters. The van der Waals surface area contributed by atoms with Crippen molar-refractivity contribution in [2.45, 2.75) is 38.1 Å². The van der Waals surface area contributed by atoms with Crippen LogP contribution in [0, 0.1) is 0 Å². The van der Waals surface area contributed by atoms with Gasteiger partial charge in [0.15, 0.2) is 0 Å². The largest absolute Gasteiger partial charge is 0.467 e. The highest BCUT2D eigenvalue weighted by atomic mass is 32.1. The molecule has 0 atom stereocenters. The first-order chi connectivity index (χ1) is 10.8. The standard InChI is InChI=1S/C16H20N4OS/c1-21-16-17-9-11(10-18-16)15-19-13-5-7-20(12-3-2-4-12)8-6-14(13)22-15/h9-10,12H,2-8H2,1H3. The van der Waals surface area contributed by atoms with Crippen molar-refractivity contribution in [3.8, 4) is 16.6 Å².